The number of fused-ring (bicyclic) bond motifs is 1. The number of nitrogen functional groups attached to an aromatic ring is 1. The van der Waals surface area contributed by atoms with Crippen molar-refractivity contribution in [3.8, 4) is 10.6 Å². The SMILES string of the molecule is Cc1cc(N)ccc1-c1nc2cccc(Cl)c2s1. The summed E-state index contributed by atoms with van der Waals surface area (Å²) in [7, 11) is 0. The van der Waals surface area contributed by atoms with E-state index in [0.717, 1.165) is 37.1 Å². The molecule has 2 N–H and O–H groups in total. The Hall–Kier alpha value is -1.58. The highest BCUT2D eigenvalue weighted by Gasteiger charge is 2.10. The van der Waals surface area contributed by atoms with Crippen LogP contribution in [-0.2, 0) is 0 Å². The van der Waals surface area contributed by atoms with Crippen LogP contribution in [0.2, 0.25) is 5.02 Å². The zero-order chi connectivity index (χ0) is 12.7. The van der Waals surface area contributed by atoms with Crippen LogP contribution in [0, 0.1) is 6.92 Å². The molecule has 2 aromatic carbocycles. The predicted molar refractivity (Wildman–Crippen MR) is 79.2 cm³/mol. The van der Waals surface area contributed by atoms with Gasteiger partial charge < -0.3 is 5.73 Å². The Balaban J connectivity index is 2.23. The number of aromatic nitrogens is 1. The van der Waals surface area contributed by atoms with Crippen molar-refractivity contribution in [3.63, 3.8) is 0 Å². The number of hydrogen-bond acceptors (Lipinski definition) is 3. The van der Waals surface area contributed by atoms with E-state index in [2.05, 4.69) is 4.98 Å². The third kappa shape index (κ3) is 1.85. The Morgan fingerprint density at radius 3 is 2.78 bits per heavy atom. The summed E-state index contributed by atoms with van der Waals surface area (Å²) < 4.78 is 1.03. The molecule has 0 amide bonds. The van der Waals surface area contributed by atoms with Gasteiger partial charge in [-0.3, -0.25) is 0 Å². The lowest BCUT2D eigenvalue weighted by atomic mass is 10.1. The Morgan fingerprint density at radius 2 is 2.06 bits per heavy atom. The van der Waals surface area contributed by atoms with Gasteiger partial charge in [0.1, 0.15) is 5.01 Å². The molecule has 0 unspecified atom stereocenters. The number of benzene rings is 2. The van der Waals surface area contributed by atoms with Crippen LogP contribution in [-0.4, -0.2) is 4.98 Å². The minimum absolute atomic E-state index is 0.754. The maximum Gasteiger partial charge on any atom is 0.124 e. The molecule has 4 heteroatoms. The van der Waals surface area contributed by atoms with Crippen molar-refractivity contribution in [1.82, 2.24) is 4.98 Å². The maximum absolute atomic E-state index is 6.17. The van der Waals surface area contributed by atoms with Gasteiger partial charge in [-0.15, -0.1) is 11.3 Å². The topological polar surface area (TPSA) is 38.9 Å². The summed E-state index contributed by atoms with van der Waals surface area (Å²) in [5.41, 5.74) is 9.73. The second-order valence-electron chi connectivity index (χ2n) is 4.18. The minimum Gasteiger partial charge on any atom is -0.399 e. The molecule has 1 heterocycles. The number of halogens is 1. The van der Waals surface area contributed by atoms with Crippen molar-refractivity contribution < 1.29 is 0 Å². The molecule has 3 aromatic rings. The summed E-state index contributed by atoms with van der Waals surface area (Å²) in [6, 6.07) is 11.7. The van der Waals surface area contributed by atoms with Gasteiger partial charge in [-0.1, -0.05) is 17.7 Å². The molecular formula is C14H11ClN2S. The van der Waals surface area contributed by atoms with Gasteiger partial charge in [0.2, 0.25) is 0 Å². The average Bonchev–Trinajstić information content (AvgIpc) is 2.74. The summed E-state index contributed by atoms with van der Waals surface area (Å²) >= 11 is 7.79. The molecule has 0 spiro atoms. The molecule has 18 heavy (non-hydrogen) atoms. The Morgan fingerprint density at radius 1 is 1.22 bits per heavy atom. The second kappa shape index (κ2) is 4.26. The van der Waals surface area contributed by atoms with E-state index in [0.29, 0.717) is 0 Å². The summed E-state index contributed by atoms with van der Waals surface area (Å²) in [5.74, 6) is 0. The summed E-state index contributed by atoms with van der Waals surface area (Å²) in [5, 5.41) is 1.74. The molecule has 0 saturated heterocycles. The fourth-order valence-electron chi connectivity index (χ4n) is 1.96. The van der Waals surface area contributed by atoms with Gasteiger partial charge in [0.05, 0.1) is 15.2 Å². The first-order chi connectivity index (χ1) is 8.65. The van der Waals surface area contributed by atoms with Crippen molar-refractivity contribution in [2.75, 3.05) is 5.73 Å². The zero-order valence-corrected chi connectivity index (χ0v) is 11.3. The van der Waals surface area contributed by atoms with E-state index in [1.165, 1.54) is 0 Å². The first-order valence-corrected chi connectivity index (χ1v) is 6.76. The lowest BCUT2D eigenvalue weighted by Gasteiger charge is -2.02. The van der Waals surface area contributed by atoms with E-state index >= 15 is 0 Å². The standard InChI is InChI=1S/C14H11ClN2S/c1-8-7-9(16)5-6-10(8)14-17-12-4-2-3-11(15)13(12)18-14/h2-7H,16H2,1H3. The Kier molecular flexibility index (Phi) is 2.73. The molecule has 0 aliphatic carbocycles. The zero-order valence-electron chi connectivity index (χ0n) is 9.77. The molecule has 0 fully saturated rings. The smallest absolute Gasteiger partial charge is 0.124 e. The second-order valence-corrected chi connectivity index (χ2v) is 5.59. The van der Waals surface area contributed by atoms with Crippen molar-refractivity contribution in [1.29, 1.82) is 0 Å². The lowest BCUT2D eigenvalue weighted by Crippen LogP contribution is -1.87. The van der Waals surface area contributed by atoms with Gasteiger partial charge in [0.15, 0.2) is 0 Å². The van der Waals surface area contributed by atoms with Gasteiger partial charge in [-0.05, 0) is 42.8 Å². The average molecular weight is 275 g/mol. The molecule has 0 saturated carbocycles. The van der Waals surface area contributed by atoms with E-state index < -0.39 is 0 Å². The molecular weight excluding hydrogens is 264 g/mol. The summed E-state index contributed by atoms with van der Waals surface area (Å²) in [6.07, 6.45) is 0. The highest BCUT2D eigenvalue weighted by Crippen LogP contribution is 2.35. The van der Waals surface area contributed by atoms with Crippen LogP contribution in [0.4, 0.5) is 5.69 Å². The molecule has 2 nitrogen and oxygen atoms in total. The fraction of sp³-hybridized carbons (Fsp3) is 0.0714. The van der Waals surface area contributed by atoms with Crippen LogP contribution >= 0.6 is 22.9 Å². The van der Waals surface area contributed by atoms with Crippen LogP contribution in [0.5, 0.6) is 0 Å². The lowest BCUT2D eigenvalue weighted by molar-refractivity contribution is 1.41. The number of hydrogen-bond donors (Lipinski definition) is 1. The summed E-state index contributed by atoms with van der Waals surface area (Å²) in [6.45, 7) is 2.04. The molecule has 0 radical (unpaired) electrons. The van der Waals surface area contributed by atoms with E-state index in [9.17, 15) is 0 Å². The van der Waals surface area contributed by atoms with Crippen molar-refractivity contribution in [3.05, 3.63) is 47.0 Å². The van der Waals surface area contributed by atoms with Gasteiger partial charge >= 0.3 is 0 Å². The Bertz CT molecular complexity index is 734. The first kappa shape index (κ1) is 11.5. The molecule has 0 aliphatic heterocycles. The van der Waals surface area contributed by atoms with Crippen LogP contribution in [0.1, 0.15) is 5.56 Å². The highest BCUT2D eigenvalue weighted by atomic mass is 35.5. The van der Waals surface area contributed by atoms with E-state index in [-0.39, 0.29) is 0 Å². The predicted octanol–water partition coefficient (Wildman–Crippen LogP) is 4.51. The molecule has 90 valence electrons. The van der Waals surface area contributed by atoms with Gasteiger partial charge in [-0.2, -0.15) is 0 Å². The quantitative estimate of drug-likeness (QED) is 0.663. The number of rotatable bonds is 1. The van der Waals surface area contributed by atoms with Gasteiger partial charge in [0, 0.05) is 11.3 Å². The third-order valence-electron chi connectivity index (χ3n) is 2.85. The van der Waals surface area contributed by atoms with Gasteiger partial charge in [0.25, 0.3) is 0 Å². The minimum atomic E-state index is 0.754. The fourth-order valence-corrected chi connectivity index (χ4v) is 3.30. The van der Waals surface area contributed by atoms with Crippen LogP contribution in [0.3, 0.4) is 0 Å². The van der Waals surface area contributed by atoms with Crippen LogP contribution in [0.15, 0.2) is 36.4 Å². The molecule has 0 bridgehead atoms. The number of nitrogens with two attached hydrogens (primary N) is 1. The largest absolute Gasteiger partial charge is 0.399 e. The van der Waals surface area contributed by atoms with Gasteiger partial charge in [-0.25, -0.2) is 4.98 Å². The van der Waals surface area contributed by atoms with Crippen molar-refractivity contribution in [2.24, 2.45) is 0 Å². The van der Waals surface area contributed by atoms with Crippen molar-refractivity contribution in [2.45, 2.75) is 6.92 Å². The number of nitrogens with zero attached hydrogens (tertiary/aromatic N) is 1. The van der Waals surface area contributed by atoms with E-state index in [4.69, 9.17) is 17.3 Å². The molecule has 1 aromatic heterocycles. The molecule has 0 aliphatic rings. The number of aryl methyl sites for hydroxylation is 1. The normalized spacial score (nSPS) is 11.0. The summed E-state index contributed by atoms with van der Waals surface area (Å²) in [4.78, 5) is 4.63. The third-order valence-corrected chi connectivity index (χ3v) is 4.41. The maximum atomic E-state index is 6.17. The monoisotopic (exact) mass is 274 g/mol. The van der Waals surface area contributed by atoms with E-state index in [1.54, 1.807) is 11.3 Å². The first-order valence-electron chi connectivity index (χ1n) is 5.57. The van der Waals surface area contributed by atoms with Crippen molar-refractivity contribution >= 4 is 38.8 Å². The highest BCUT2D eigenvalue weighted by molar-refractivity contribution is 7.22. The Labute approximate surface area is 114 Å². The van der Waals surface area contributed by atoms with E-state index in [1.807, 2.05) is 43.3 Å². The number of anilines is 1. The van der Waals surface area contributed by atoms with Crippen LogP contribution < -0.4 is 5.73 Å². The number of thiazole rings is 1. The van der Waals surface area contributed by atoms with Crippen LogP contribution in [0.25, 0.3) is 20.8 Å². The molecule has 3 rings (SSSR count). The molecule has 0 atom stereocenters.